The monoisotopic (exact) mass is 510 g/mol. The van der Waals surface area contributed by atoms with Crippen molar-refractivity contribution < 1.29 is 9.47 Å². The van der Waals surface area contributed by atoms with Gasteiger partial charge < -0.3 is 9.47 Å². The Morgan fingerprint density at radius 2 is 0.744 bits per heavy atom. The summed E-state index contributed by atoms with van der Waals surface area (Å²) in [4.78, 5) is 0. The van der Waals surface area contributed by atoms with Crippen LogP contribution >= 0.6 is 0 Å². The molecule has 39 heavy (non-hydrogen) atoms. The Morgan fingerprint density at radius 3 is 1.26 bits per heavy atom. The highest BCUT2D eigenvalue weighted by Gasteiger charge is 2.49. The Bertz CT molecular complexity index is 1580. The van der Waals surface area contributed by atoms with Crippen LogP contribution in [-0.2, 0) is 9.47 Å². The molecule has 2 heteroatoms. The SMILES string of the molecule is CC1(C)OC(c2cccc(-c3cccc(-c4cccc(-c5ccc(-c6ccccc6)cc5)c4)c3)c2)OC1(C)C. The van der Waals surface area contributed by atoms with Gasteiger partial charge in [0.25, 0.3) is 0 Å². The molecular weight excluding hydrogens is 476 g/mol. The van der Waals surface area contributed by atoms with Crippen molar-refractivity contribution >= 4 is 0 Å². The smallest absolute Gasteiger partial charge is 0.185 e. The van der Waals surface area contributed by atoms with Crippen molar-refractivity contribution in [2.24, 2.45) is 0 Å². The van der Waals surface area contributed by atoms with Gasteiger partial charge in [0.15, 0.2) is 6.29 Å². The number of ether oxygens (including phenoxy) is 2. The van der Waals surface area contributed by atoms with Crippen LogP contribution in [0.1, 0.15) is 39.5 Å². The standard InChI is InChI=1S/C37H34O2/c1-36(2)37(3,4)39-35(38-36)34-18-10-17-33(25-34)32-16-9-15-31(24-32)30-14-8-13-29(23-30)28-21-19-27(20-22-28)26-11-6-5-7-12-26/h5-25,35H,1-4H3. The van der Waals surface area contributed by atoms with Gasteiger partial charge in [0, 0.05) is 5.56 Å². The van der Waals surface area contributed by atoms with Gasteiger partial charge in [0.05, 0.1) is 11.2 Å². The molecule has 0 amide bonds. The fourth-order valence-electron chi connectivity index (χ4n) is 5.09. The molecule has 0 radical (unpaired) electrons. The van der Waals surface area contributed by atoms with Gasteiger partial charge in [-0.3, -0.25) is 0 Å². The van der Waals surface area contributed by atoms with E-state index in [1.807, 2.05) is 0 Å². The lowest BCUT2D eigenvalue weighted by atomic mass is 9.90. The molecule has 0 N–H and O–H groups in total. The van der Waals surface area contributed by atoms with E-state index in [1.165, 1.54) is 38.9 Å². The van der Waals surface area contributed by atoms with E-state index in [0.717, 1.165) is 11.1 Å². The van der Waals surface area contributed by atoms with Crippen molar-refractivity contribution in [3.63, 3.8) is 0 Å². The summed E-state index contributed by atoms with van der Waals surface area (Å²) in [6, 6.07) is 45.3. The Morgan fingerprint density at radius 1 is 0.385 bits per heavy atom. The van der Waals surface area contributed by atoms with E-state index in [1.54, 1.807) is 0 Å². The van der Waals surface area contributed by atoms with Crippen LogP contribution in [0.4, 0.5) is 0 Å². The van der Waals surface area contributed by atoms with E-state index in [9.17, 15) is 0 Å². The Kier molecular flexibility index (Phi) is 6.46. The first-order valence-corrected chi connectivity index (χ1v) is 13.6. The minimum absolute atomic E-state index is 0.361. The predicted molar refractivity (Wildman–Crippen MR) is 161 cm³/mol. The summed E-state index contributed by atoms with van der Waals surface area (Å²) in [6.07, 6.45) is -0.372. The number of hydrogen-bond acceptors (Lipinski definition) is 2. The molecule has 1 fully saturated rings. The second-order valence-corrected chi connectivity index (χ2v) is 11.3. The molecular formula is C37H34O2. The zero-order valence-corrected chi connectivity index (χ0v) is 23.0. The molecule has 194 valence electrons. The molecule has 0 bridgehead atoms. The van der Waals surface area contributed by atoms with Gasteiger partial charge in [-0.25, -0.2) is 0 Å². The molecule has 0 aromatic heterocycles. The molecule has 5 aromatic carbocycles. The zero-order chi connectivity index (χ0) is 27.0. The first-order valence-electron chi connectivity index (χ1n) is 13.6. The van der Waals surface area contributed by atoms with E-state index in [2.05, 4.69) is 155 Å². The number of rotatable bonds is 5. The molecule has 0 spiro atoms. The normalized spacial score (nSPS) is 16.3. The van der Waals surface area contributed by atoms with Crippen LogP contribution in [0, 0.1) is 0 Å². The highest BCUT2D eigenvalue weighted by atomic mass is 16.7. The number of benzene rings is 5. The number of hydrogen-bond donors (Lipinski definition) is 0. The second-order valence-electron chi connectivity index (χ2n) is 11.3. The highest BCUT2D eigenvalue weighted by molar-refractivity contribution is 5.78. The molecule has 0 unspecified atom stereocenters. The molecule has 6 rings (SSSR count). The molecule has 5 aromatic rings. The quantitative estimate of drug-likeness (QED) is 0.234. The summed E-state index contributed by atoms with van der Waals surface area (Å²) < 4.78 is 12.6. The maximum atomic E-state index is 6.30. The van der Waals surface area contributed by atoms with Crippen molar-refractivity contribution in [2.75, 3.05) is 0 Å². The summed E-state index contributed by atoms with van der Waals surface area (Å²) in [5.74, 6) is 0. The minimum atomic E-state index is -0.372. The maximum absolute atomic E-state index is 6.30. The summed E-state index contributed by atoms with van der Waals surface area (Å²) >= 11 is 0. The summed E-state index contributed by atoms with van der Waals surface area (Å²) in [6.45, 7) is 8.36. The Hall–Kier alpha value is -3.98. The lowest BCUT2D eigenvalue weighted by molar-refractivity contribution is -0.0895. The van der Waals surface area contributed by atoms with Crippen molar-refractivity contribution in [1.29, 1.82) is 0 Å². The zero-order valence-electron chi connectivity index (χ0n) is 23.0. The van der Waals surface area contributed by atoms with Crippen LogP contribution in [0.5, 0.6) is 0 Å². The van der Waals surface area contributed by atoms with Crippen LogP contribution in [-0.4, -0.2) is 11.2 Å². The fourth-order valence-corrected chi connectivity index (χ4v) is 5.09. The van der Waals surface area contributed by atoms with Crippen LogP contribution in [0.2, 0.25) is 0 Å². The first kappa shape index (κ1) is 25.3. The average molecular weight is 511 g/mol. The van der Waals surface area contributed by atoms with Gasteiger partial charge in [-0.15, -0.1) is 0 Å². The van der Waals surface area contributed by atoms with Crippen LogP contribution in [0.15, 0.2) is 127 Å². The van der Waals surface area contributed by atoms with Gasteiger partial charge >= 0.3 is 0 Å². The fraction of sp³-hybridized carbons (Fsp3) is 0.189. The summed E-state index contributed by atoms with van der Waals surface area (Å²) in [5, 5.41) is 0. The van der Waals surface area contributed by atoms with Crippen molar-refractivity contribution in [2.45, 2.75) is 45.2 Å². The van der Waals surface area contributed by atoms with Gasteiger partial charge in [0.1, 0.15) is 0 Å². The van der Waals surface area contributed by atoms with Crippen molar-refractivity contribution in [3.05, 3.63) is 133 Å². The first-order chi connectivity index (χ1) is 18.8. The topological polar surface area (TPSA) is 18.5 Å². The van der Waals surface area contributed by atoms with E-state index >= 15 is 0 Å². The molecule has 1 aliphatic rings. The third kappa shape index (κ3) is 5.06. The van der Waals surface area contributed by atoms with Crippen molar-refractivity contribution in [1.82, 2.24) is 0 Å². The molecule has 0 aliphatic carbocycles. The highest BCUT2D eigenvalue weighted by Crippen LogP contribution is 2.45. The molecule has 1 heterocycles. The van der Waals surface area contributed by atoms with Gasteiger partial charge in [-0.05, 0) is 90.4 Å². The van der Waals surface area contributed by atoms with Crippen LogP contribution in [0.3, 0.4) is 0 Å². The second kappa shape index (κ2) is 9.96. The molecule has 1 saturated heterocycles. The van der Waals surface area contributed by atoms with Crippen LogP contribution in [0.25, 0.3) is 44.5 Å². The summed E-state index contributed by atoms with van der Waals surface area (Å²) in [5.41, 5.74) is 9.91. The molecule has 1 aliphatic heterocycles. The van der Waals surface area contributed by atoms with Gasteiger partial charge in [0.2, 0.25) is 0 Å². The average Bonchev–Trinajstić information content (AvgIpc) is 3.20. The molecule has 0 saturated carbocycles. The largest absolute Gasteiger partial charge is 0.339 e. The van der Waals surface area contributed by atoms with Gasteiger partial charge in [-0.2, -0.15) is 0 Å². The summed E-state index contributed by atoms with van der Waals surface area (Å²) in [7, 11) is 0. The van der Waals surface area contributed by atoms with Crippen molar-refractivity contribution in [3.8, 4) is 44.5 Å². The minimum Gasteiger partial charge on any atom is -0.339 e. The Labute approximate surface area is 231 Å². The van der Waals surface area contributed by atoms with E-state index in [-0.39, 0.29) is 17.5 Å². The maximum Gasteiger partial charge on any atom is 0.185 e. The Balaban J connectivity index is 1.27. The lowest BCUT2D eigenvalue weighted by Gasteiger charge is -2.30. The molecule has 0 atom stereocenters. The molecule has 2 nitrogen and oxygen atoms in total. The third-order valence-corrected chi connectivity index (χ3v) is 8.13. The third-order valence-electron chi connectivity index (χ3n) is 8.13. The van der Waals surface area contributed by atoms with Gasteiger partial charge in [-0.1, -0.05) is 109 Å². The lowest BCUT2D eigenvalue weighted by Crippen LogP contribution is -2.41. The van der Waals surface area contributed by atoms with Crippen LogP contribution < -0.4 is 0 Å². The van der Waals surface area contributed by atoms with E-state index < -0.39 is 0 Å². The van der Waals surface area contributed by atoms with E-state index in [0.29, 0.717) is 0 Å². The predicted octanol–water partition coefficient (Wildman–Crippen LogP) is 9.96. The van der Waals surface area contributed by atoms with E-state index in [4.69, 9.17) is 9.47 Å².